The van der Waals surface area contributed by atoms with E-state index in [9.17, 15) is 13.2 Å². The molecule has 20 heavy (non-hydrogen) atoms. The molecule has 4 nitrogen and oxygen atoms in total. The van der Waals surface area contributed by atoms with Crippen molar-refractivity contribution < 1.29 is 13.2 Å². The van der Waals surface area contributed by atoms with Crippen LogP contribution in [-0.4, -0.2) is 37.9 Å². The Kier molecular flexibility index (Phi) is 4.94. The van der Waals surface area contributed by atoms with Gasteiger partial charge in [-0.05, 0) is 24.8 Å². The molecule has 0 spiro atoms. The second kappa shape index (κ2) is 6.50. The van der Waals surface area contributed by atoms with E-state index < -0.39 is 10.0 Å². The first-order valence-electron chi connectivity index (χ1n) is 6.98. The molecule has 110 valence electrons. The van der Waals surface area contributed by atoms with E-state index in [-0.39, 0.29) is 11.7 Å². The molecule has 0 bridgehead atoms. The highest BCUT2D eigenvalue weighted by atomic mass is 32.2. The molecule has 0 N–H and O–H groups in total. The number of nitrogens with zero attached hydrogens (tertiary/aromatic N) is 1. The number of piperidine rings is 1. The Morgan fingerprint density at radius 2 is 2.00 bits per heavy atom. The number of hydrogen-bond donors (Lipinski definition) is 0. The molecule has 1 fully saturated rings. The molecule has 5 heteroatoms. The van der Waals surface area contributed by atoms with Crippen LogP contribution in [0.25, 0.3) is 0 Å². The molecule has 1 aromatic carbocycles. The third-order valence-electron chi connectivity index (χ3n) is 3.81. The van der Waals surface area contributed by atoms with Gasteiger partial charge in [0.1, 0.15) is 5.78 Å². The molecule has 0 amide bonds. The largest absolute Gasteiger partial charge is 0.299 e. The first kappa shape index (κ1) is 15.2. The Morgan fingerprint density at radius 1 is 1.30 bits per heavy atom. The van der Waals surface area contributed by atoms with Gasteiger partial charge < -0.3 is 0 Å². The Labute approximate surface area is 120 Å². The van der Waals surface area contributed by atoms with E-state index in [0.717, 1.165) is 24.8 Å². The summed E-state index contributed by atoms with van der Waals surface area (Å²) in [5, 5.41) is 0. The highest BCUT2D eigenvalue weighted by Gasteiger charge is 2.29. The fourth-order valence-corrected chi connectivity index (χ4v) is 3.53. The van der Waals surface area contributed by atoms with Crippen molar-refractivity contribution in [1.82, 2.24) is 4.31 Å². The first-order valence-corrected chi connectivity index (χ1v) is 8.83. The Balaban J connectivity index is 1.89. The summed E-state index contributed by atoms with van der Waals surface area (Å²) in [6.07, 6.45) is 4.01. The van der Waals surface area contributed by atoms with Gasteiger partial charge in [-0.25, -0.2) is 12.7 Å². The number of Topliss-reactive ketones (excluding diaryl/α,β-unsaturated/α-hetero) is 1. The molecular weight excluding hydrogens is 274 g/mol. The normalized spacial score (nSPS) is 20.8. The minimum absolute atomic E-state index is 0.137. The van der Waals surface area contributed by atoms with Crippen molar-refractivity contribution in [3.8, 4) is 0 Å². The predicted octanol–water partition coefficient (Wildman–Crippen LogP) is 1.86. The van der Waals surface area contributed by atoms with E-state index in [1.807, 2.05) is 30.3 Å². The lowest BCUT2D eigenvalue weighted by molar-refractivity contribution is -0.123. The number of benzene rings is 1. The maximum absolute atomic E-state index is 12.2. The van der Waals surface area contributed by atoms with Gasteiger partial charge in [0.05, 0.1) is 6.26 Å². The van der Waals surface area contributed by atoms with Gasteiger partial charge in [0, 0.05) is 25.4 Å². The van der Waals surface area contributed by atoms with Crippen molar-refractivity contribution in [3.63, 3.8) is 0 Å². The third kappa shape index (κ3) is 4.15. The summed E-state index contributed by atoms with van der Waals surface area (Å²) in [6, 6.07) is 9.90. The topological polar surface area (TPSA) is 54.5 Å². The van der Waals surface area contributed by atoms with Gasteiger partial charge >= 0.3 is 0 Å². The zero-order chi connectivity index (χ0) is 14.6. The molecule has 0 aliphatic carbocycles. The number of hydrogen-bond acceptors (Lipinski definition) is 3. The quantitative estimate of drug-likeness (QED) is 0.833. The number of rotatable bonds is 5. The van der Waals surface area contributed by atoms with E-state index >= 15 is 0 Å². The molecule has 1 saturated heterocycles. The highest BCUT2D eigenvalue weighted by Crippen LogP contribution is 2.21. The van der Waals surface area contributed by atoms with Crippen LogP contribution >= 0.6 is 0 Å². The first-order chi connectivity index (χ1) is 9.47. The third-order valence-corrected chi connectivity index (χ3v) is 5.08. The van der Waals surface area contributed by atoms with Crippen LogP contribution in [0.2, 0.25) is 0 Å². The number of carbonyl (C=O) groups excluding carboxylic acids is 1. The zero-order valence-electron chi connectivity index (χ0n) is 11.8. The summed E-state index contributed by atoms with van der Waals surface area (Å²) in [4.78, 5) is 12.2. The highest BCUT2D eigenvalue weighted by molar-refractivity contribution is 7.88. The maximum atomic E-state index is 12.2. The molecule has 1 aromatic rings. The van der Waals surface area contributed by atoms with E-state index in [2.05, 4.69) is 0 Å². The van der Waals surface area contributed by atoms with E-state index in [4.69, 9.17) is 0 Å². The average Bonchev–Trinajstić information content (AvgIpc) is 2.45. The van der Waals surface area contributed by atoms with Gasteiger partial charge in [-0.1, -0.05) is 30.3 Å². The van der Waals surface area contributed by atoms with Crippen LogP contribution in [0.5, 0.6) is 0 Å². The molecule has 1 aliphatic heterocycles. The molecule has 0 radical (unpaired) electrons. The Bertz CT molecular complexity index is 554. The SMILES string of the molecule is CS(=O)(=O)N1CCC[C@H](C(=O)CCc2ccccc2)C1. The molecule has 0 saturated carbocycles. The van der Waals surface area contributed by atoms with Gasteiger partial charge in [0.2, 0.25) is 10.0 Å². The molecule has 0 unspecified atom stereocenters. The molecule has 1 aliphatic rings. The Hall–Kier alpha value is -1.20. The second-order valence-electron chi connectivity index (χ2n) is 5.41. The van der Waals surface area contributed by atoms with Gasteiger partial charge in [0.25, 0.3) is 0 Å². The zero-order valence-corrected chi connectivity index (χ0v) is 12.6. The van der Waals surface area contributed by atoms with Crippen molar-refractivity contribution in [1.29, 1.82) is 0 Å². The van der Waals surface area contributed by atoms with Crippen molar-refractivity contribution in [2.45, 2.75) is 25.7 Å². The molecule has 2 rings (SSSR count). The lowest BCUT2D eigenvalue weighted by atomic mass is 9.91. The van der Waals surface area contributed by atoms with E-state index in [0.29, 0.717) is 19.5 Å². The smallest absolute Gasteiger partial charge is 0.211 e. The lowest BCUT2D eigenvalue weighted by Gasteiger charge is -2.30. The average molecular weight is 295 g/mol. The van der Waals surface area contributed by atoms with Crippen LogP contribution in [0.1, 0.15) is 24.8 Å². The molecule has 0 aromatic heterocycles. The van der Waals surface area contributed by atoms with Crippen molar-refractivity contribution in [3.05, 3.63) is 35.9 Å². The number of sulfonamides is 1. The van der Waals surface area contributed by atoms with Gasteiger partial charge in [0.15, 0.2) is 0 Å². The van der Waals surface area contributed by atoms with Crippen LogP contribution in [0, 0.1) is 5.92 Å². The van der Waals surface area contributed by atoms with Crippen LogP contribution in [0.3, 0.4) is 0 Å². The lowest BCUT2D eigenvalue weighted by Crippen LogP contribution is -2.41. The fourth-order valence-electron chi connectivity index (χ4n) is 2.62. The van der Waals surface area contributed by atoms with Crippen LogP contribution < -0.4 is 0 Å². The van der Waals surface area contributed by atoms with Crippen molar-refractivity contribution >= 4 is 15.8 Å². The van der Waals surface area contributed by atoms with Crippen LogP contribution in [0.15, 0.2) is 30.3 Å². The summed E-state index contributed by atoms with van der Waals surface area (Å²) < 4.78 is 24.5. The second-order valence-corrected chi connectivity index (χ2v) is 7.39. The fraction of sp³-hybridized carbons (Fsp3) is 0.533. The van der Waals surface area contributed by atoms with Gasteiger partial charge in [-0.3, -0.25) is 4.79 Å². The molecular formula is C15H21NO3S. The van der Waals surface area contributed by atoms with E-state index in [1.165, 1.54) is 10.6 Å². The predicted molar refractivity (Wildman–Crippen MR) is 78.9 cm³/mol. The summed E-state index contributed by atoms with van der Waals surface area (Å²) in [5.41, 5.74) is 1.15. The number of aryl methyl sites for hydroxylation is 1. The maximum Gasteiger partial charge on any atom is 0.211 e. The molecule has 1 atom stereocenters. The summed E-state index contributed by atoms with van der Waals surface area (Å²) >= 11 is 0. The van der Waals surface area contributed by atoms with Crippen LogP contribution in [0.4, 0.5) is 0 Å². The minimum atomic E-state index is -3.18. The molecule has 1 heterocycles. The number of carbonyl (C=O) groups is 1. The van der Waals surface area contributed by atoms with Crippen LogP contribution in [-0.2, 0) is 21.2 Å². The number of ketones is 1. The monoisotopic (exact) mass is 295 g/mol. The minimum Gasteiger partial charge on any atom is -0.299 e. The van der Waals surface area contributed by atoms with Crippen molar-refractivity contribution in [2.24, 2.45) is 5.92 Å². The van der Waals surface area contributed by atoms with E-state index in [1.54, 1.807) is 0 Å². The summed E-state index contributed by atoms with van der Waals surface area (Å²) in [5.74, 6) is 0.0457. The summed E-state index contributed by atoms with van der Waals surface area (Å²) in [6.45, 7) is 0.897. The van der Waals surface area contributed by atoms with Crippen molar-refractivity contribution in [2.75, 3.05) is 19.3 Å². The van der Waals surface area contributed by atoms with Gasteiger partial charge in [-0.15, -0.1) is 0 Å². The van der Waals surface area contributed by atoms with Gasteiger partial charge in [-0.2, -0.15) is 0 Å². The standard InChI is InChI=1S/C15H21NO3S/c1-20(18,19)16-11-5-8-14(12-16)15(17)10-9-13-6-3-2-4-7-13/h2-4,6-7,14H,5,8-12H2,1H3/t14-/m0/s1. The Morgan fingerprint density at radius 3 is 2.65 bits per heavy atom. The summed E-state index contributed by atoms with van der Waals surface area (Å²) in [7, 11) is -3.18.